The van der Waals surface area contributed by atoms with E-state index in [9.17, 15) is 9.18 Å². The molecular weight excluding hydrogens is 303 g/mol. The van der Waals surface area contributed by atoms with Crippen molar-refractivity contribution in [2.24, 2.45) is 17.6 Å². The van der Waals surface area contributed by atoms with Gasteiger partial charge in [-0.15, -0.1) is 12.4 Å². The summed E-state index contributed by atoms with van der Waals surface area (Å²) in [7, 11) is 0. The molecule has 124 valence electrons. The summed E-state index contributed by atoms with van der Waals surface area (Å²) >= 11 is 0. The van der Waals surface area contributed by atoms with E-state index in [0.717, 1.165) is 18.4 Å². The first-order valence-corrected chi connectivity index (χ1v) is 7.71. The van der Waals surface area contributed by atoms with E-state index in [1.165, 1.54) is 12.1 Å². The van der Waals surface area contributed by atoms with E-state index >= 15 is 0 Å². The molecule has 0 heterocycles. The molecule has 2 unspecified atom stereocenters. The van der Waals surface area contributed by atoms with Crippen LogP contribution in [-0.2, 0) is 11.2 Å². The van der Waals surface area contributed by atoms with Gasteiger partial charge in [0.25, 0.3) is 0 Å². The van der Waals surface area contributed by atoms with Gasteiger partial charge < -0.3 is 11.1 Å². The van der Waals surface area contributed by atoms with Gasteiger partial charge in [-0.25, -0.2) is 4.39 Å². The van der Waals surface area contributed by atoms with Crippen LogP contribution in [0.15, 0.2) is 24.3 Å². The summed E-state index contributed by atoms with van der Waals surface area (Å²) in [6.45, 7) is 4.42. The zero-order valence-corrected chi connectivity index (χ0v) is 14.1. The van der Waals surface area contributed by atoms with Crippen LogP contribution in [0.3, 0.4) is 0 Å². The lowest BCUT2D eigenvalue weighted by atomic mass is 9.93. The summed E-state index contributed by atoms with van der Waals surface area (Å²) in [4.78, 5) is 12.3. The third-order valence-electron chi connectivity index (χ3n) is 4.51. The molecule has 3 N–H and O–H groups in total. The number of aryl methyl sites for hydroxylation is 1. The number of hydrogen-bond acceptors (Lipinski definition) is 2. The second-order valence-corrected chi connectivity index (χ2v) is 6.45. The molecule has 1 aliphatic carbocycles. The fraction of sp³-hybridized carbons (Fsp3) is 0.588. The molecule has 0 saturated heterocycles. The lowest BCUT2D eigenvalue weighted by Crippen LogP contribution is -2.54. The van der Waals surface area contributed by atoms with Gasteiger partial charge in [0, 0.05) is 12.5 Å². The predicted molar refractivity (Wildman–Crippen MR) is 89.5 cm³/mol. The highest BCUT2D eigenvalue weighted by atomic mass is 35.5. The van der Waals surface area contributed by atoms with Crippen molar-refractivity contribution in [3.63, 3.8) is 0 Å². The van der Waals surface area contributed by atoms with Crippen LogP contribution >= 0.6 is 12.4 Å². The van der Waals surface area contributed by atoms with Crippen molar-refractivity contribution in [3.05, 3.63) is 35.6 Å². The summed E-state index contributed by atoms with van der Waals surface area (Å²) in [6, 6.07) is 6.55. The highest BCUT2D eigenvalue weighted by Crippen LogP contribution is 2.39. The molecule has 0 aliphatic heterocycles. The van der Waals surface area contributed by atoms with Gasteiger partial charge in [-0.05, 0) is 56.2 Å². The molecule has 3 nitrogen and oxygen atoms in total. The Morgan fingerprint density at radius 2 is 2.18 bits per heavy atom. The monoisotopic (exact) mass is 328 g/mol. The molecule has 1 saturated carbocycles. The topological polar surface area (TPSA) is 55.1 Å². The fourth-order valence-electron chi connectivity index (χ4n) is 2.65. The van der Waals surface area contributed by atoms with Crippen molar-refractivity contribution in [3.8, 4) is 0 Å². The van der Waals surface area contributed by atoms with Crippen molar-refractivity contribution in [2.45, 2.75) is 45.1 Å². The fourth-order valence-corrected chi connectivity index (χ4v) is 2.65. The molecule has 0 aromatic heterocycles. The van der Waals surface area contributed by atoms with E-state index in [1.54, 1.807) is 6.07 Å². The van der Waals surface area contributed by atoms with Crippen molar-refractivity contribution in [1.29, 1.82) is 0 Å². The minimum absolute atomic E-state index is 0. The number of rotatable bonds is 7. The smallest absolute Gasteiger partial charge is 0.223 e. The van der Waals surface area contributed by atoms with Gasteiger partial charge in [-0.2, -0.15) is 0 Å². The molecule has 1 aromatic carbocycles. The summed E-state index contributed by atoms with van der Waals surface area (Å²) in [5.74, 6) is 0.236. The zero-order chi connectivity index (χ0) is 15.5. The SMILES string of the molecule is CC(CCc1cccc(F)c1)C(=O)NC(C)(CN)C1CC1.Cl. The van der Waals surface area contributed by atoms with Gasteiger partial charge in [0.1, 0.15) is 5.82 Å². The molecular formula is C17H26ClFN2O. The Labute approximate surface area is 138 Å². The number of carbonyl (C=O) groups is 1. The number of nitrogens with one attached hydrogen (secondary N) is 1. The Morgan fingerprint density at radius 3 is 2.73 bits per heavy atom. The Kier molecular flexibility index (Phi) is 6.82. The van der Waals surface area contributed by atoms with E-state index in [-0.39, 0.29) is 35.6 Å². The average Bonchev–Trinajstić information content (AvgIpc) is 3.29. The van der Waals surface area contributed by atoms with E-state index < -0.39 is 0 Å². The standard InChI is InChI=1S/C17H25FN2O.ClH/c1-12(6-7-13-4-3-5-15(18)10-13)16(21)20-17(2,11-19)14-8-9-14;/h3-5,10,12,14H,6-9,11,19H2,1-2H3,(H,20,21);1H. The van der Waals surface area contributed by atoms with Crippen LogP contribution < -0.4 is 11.1 Å². The quantitative estimate of drug-likeness (QED) is 0.808. The highest BCUT2D eigenvalue weighted by molar-refractivity contribution is 5.85. The summed E-state index contributed by atoms with van der Waals surface area (Å²) < 4.78 is 13.1. The van der Waals surface area contributed by atoms with Crippen LogP contribution in [0.25, 0.3) is 0 Å². The van der Waals surface area contributed by atoms with Crippen molar-refractivity contribution in [1.82, 2.24) is 5.32 Å². The van der Waals surface area contributed by atoms with E-state index in [0.29, 0.717) is 25.3 Å². The van der Waals surface area contributed by atoms with Gasteiger partial charge in [-0.1, -0.05) is 19.1 Å². The van der Waals surface area contributed by atoms with E-state index in [1.807, 2.05) is 19.9 Å². The van der Waals surface area contributed by atoms with Crippen LogP contribution in [0.5, 0.6) is 0 Å². The van der Waals surface area contributed by atoms with Crippen LogP contribution in [0, 0.1) is 17.7 Å². The molecule has 2 atom stereocenters. The number of hydrogen-bond donors (Lipinski definition) is 2. The van der Waals surface area contributed by atoms with E-state index in [4.69, 9.17) is 5.73 Å². The minimum atomic E-state index is -0.274. The van der Waals surface area contributed by atoms with Gasteiger partial charge in [0.15, 0.2) is 0 Å². The largest absolute Gasteiger partial charge is 0.349 e. The second kappa shape index (κ2) is 7.93. The van der Waals surface area contributed by atoms with Crippen LogP contribution in [0.2, 0.25) is 0 Å². The first-order chi connectivity index (χ1) is 9.94. The first-order valence-electron chi connectivity index (χ1n) is 7.71. The number of nitrogens with two attached hydrogens (primary N) is 1. The Hall–Kier alpha value is -1.13. The molecule has 22 heavy (non-hydrogen) atoms. The third-order valence-corrected chi connectivity index (χ3v) is 4.51. The van der Waals surface area contributed by atoms with Gasteiger partial charge in [0.05, 0.1) is 5.54 Å². The van der Waals surface area contributed by atoms with Crippen LogP contribution in [0.1, 0.15) is 38.7 Å². The maximum absolute atomic E-state index is 13.1. The minimum Gasteiger partial charge on any atom is -0.349 e. The summed E-state index contributed by atoms with van der Waals surface area (Å²) in [6.07, 6.45) is 3.70. The van der Waals surface area contributed by atoms with Gasteiger partial charge in [-0.3, -0.25) is 4.79 Å². The second-order valence-electron chi connectivity index (χ2n) is 6.45. The Morgan fingerprint density at radius 1 is 1.50 bits per heavy atom. The van der Waals surface area contributed by atoms with Crippen LogP contribution in [0.4, 0.5) is 4.39 Å². The van der Waals surface area contributed by atoms with Gasteiger partial charge >= 0.3 is 0 Å². The molecule has 1 fully saturated rings. The number of carbonyl (C=O) groups excluding carboxylic acids is 1. The maximum atomic E-state index is 13.1. The van der Waals surface area contributed by atoms with Crippen molar-refractivity contribution >= 4 is 18.3 Å². The molecule has 1 amide bonds. The number of amides is 1. The van der Waals surface area contributed by atoms with Crippen molar-refractivity contribution < 1.29 is 9.18 Å². The van der Waals surface area contributed by atoms with E-state index in [2.05, 4.69) is 5.32 Å². The Bertz CT molecular complexity index is 507. The molecule has 0 radical (unpaired) electrons. The molecule has 2 rings (SSSR count). The highest BCUT2D eigenvalue weighted by Gasteiger charge is 2.41. The lowest BCUT2D eigenvalue weighted by Gasteiger charge is -2.31. The number of halogens is 2. The average molecular weight is 329 g/mol. The van der Waals surface area contributed by atoms with Gasteiger partial charge in [0.2, 0.25) is 5.91 Å². The number of benzene rings is 1. The molecule has 1 aromatic rings. The molecule has 0 spiro atoms. The predicted octanol–water partition coefficient (Wildman–Crippen LogP) is 3.06. The molecule has 0 bridgehead atoms. The van der Waals surface area contributed by atoms with Crippen molar-refractivity contribution in [2.75, 3.05) is 6.54 Å². The maximum Gasteiger partial charge on any atom is 0.223 e. The first kappa shape index (κ1) is 18.9. The Balaban J connectivity index is 0.00000242. The third kappa shape index (κ3) is 4.96. The molecule has 5 heteroatoms. The molecule has 1 aliphatic rings. The van der Waals surface area contributed by atoms with Crippen LogP contribution in [-0.4, -0.2) is 18.0 Å². The summed E-state index contributed by atoms with van der Waals surface area (Å²) in [5.41, 5.74) is 6.48. The lowest BCUT2D eigenvalue weighted by molar-refractivity contribution is -0.126. The summed E-state index contributed by atoms with van der Waals surface area (Å²) in [5, 5.41) is 3.11. The normalized spacial score (nSPS) is 18.0. The zero-order valence-electron chi connectivity index (χ0n) is 13.3.